The van der Waals surface area contributed by atoms with Gasteiger partial charge < -0.3 is 9.73 Å². The van der Waals surface area contributed by atoms with Crippen LogP contribution in [0.4, 0.5) is 18.9 Å². The van der Waals surface area contributed by atoms with E-state index in [1.165, 1.54) is 18.2 Å². The lowest BCUT2D eigenvalue weighted by Gasteiger charge is -2.11. The second kappa shape index (κ2) is 7.46. The molecule has 3 rings (SSSR count). The summed E-state index contributed by atoms with van der Waals surface area (Å²) in [5.74, 6) is -0.575. The Morgan fingerprint density at radius 2 is 1.67 bits per heavy atom. The van der Waals surface area contributed by atoms with Crippen LogP contribution in [0.15, 0.2) is 52.9 Å². The number of carbonyl (C=O) groups is 1. The molecule has 9 heteroatoms. The van der Waals surface area contributed by atoms with Gasteiger partial charge in [-0.05, 0) is 48.5 Å². The zero-order valence-electron chi connectivity index (χ0n) is 13.2. The fourth-order valence-electron chi connectivity index (χ4n) is 2.28. The first-order valence-corrected chi connectivity index (χ1v) is 8.52. The Balaban J connectivity index is 1.85. The van der Waals surface area contributed by atoms with Crippen molar-refractivity contribution in [3.05, 3.63) is 74.9 Å². The monoisotopic (exact) mass is 433 g/mol. The van der Waals surface area contributed by atoms with Crippen molar-refractivity contribution in [1.29, 1.82) is 0 Å². The molecule has 0 unspecified atom stereocenters. The Kier molecular flexibility index (Phi) is 5.42. The lowest BCUT2D eigenvalue weighted by molar-refractivity contribution is -0.137. The number of benzene rings is 2. The third kappa shape index (κ3) is 4.40. The van der Waals surface area contributed by atoms with Crippen LogP contribution in [0.1, 0.15) is 16.1 Å². The Morgan fingerprint density at radius 1 is 0.926 bits per heavy atom. The molecule has 27 heavy (non-hydrogen) atoms. The van der Waals surface area contributed by atoms with Crippen LogP contribution in [-0.4, -0.2) is 5.91 Å². The van der Waals surface area contributed by atoms with Gasteiger partial charge in [0.2, 0.25) is 0 Å². The molecule has 0 aliphatic rings. The van der Waals surface area contributed by atoms with E-state index in [1.54, 1.807) is 12.1 Å². The van der Waals surface area contributed by atoms with Gasteiger partial charge in [-0.15, -0.1) is 0 Å². The average Bonchev–Trinajstić information content (AvgIpc) is 3.05. The maximum absolute atomic E-state index is 12.8. The molecule has 0 aliphatic carbocycles. The van der Waals surface area contributed by atoms with Gasteiger partial charge in [0, 0.05) is 10.6 Å². The molecule has 1 aromatic heterocycles. The van der Waals surface area contributed by atoms with Gasteiger partial charge in [0.25, 0.3) is 5.91 Å². The summed E-state index contributed by atoms with van der Waals surface area (Å²) in [5, 5.41) is 3.03. The third-order valence-corrected chi connectivity index (χ3v) is 4.45. The maximum Gasteiger partial charge on any atom is 0.416 e. The van der Waals surface area contributed by atoms with E-state index in [-0.39, 0.29) is 16.5 Å². The molecule has 0 bridgehead atoms. The number of alkyl halides is 3. The van der Waals surface area contributed by atoms with Gasteiger partial charge in [-0.25, -0.2) is 0 Å². The van der Waals surface area contributed by atoms with Crippen molar-refractivity contribution in [2.75, 3.05) is 5.32 Å². The number of anilines is 1. The average molecular weight is 435 g/mol. The van der Waals surface area contributed by atoms with E-state index >= 15 is 0 Å². The molecule has 2 aromatic carbocycles. The highest BCUT2D eigenvalue weighted by Gasteiger charge is 2.31. The highest BCUT2D eigenvalue weighted by molar-refractivity contribution is 6.36. The predicted octanol–water partition coefficient (Wildman–Crippen LogP) is 7.18. The summed E-state index contributed by atoms with van der Waals surface area (Å²) in [6.07, 6.45) is -4.56. The summed E-state index contributed by atoms with van der Waals surface area (Å²) in [6.45, 7) is 0. The lowest BCUT2D eigenvalue weighted by atomic mass is 10.2. The topological polar surface area (TPSA) is 42.2 Å². The lowest BCUT2D eigenvalue weighted by Crippen LogP contribution is -2.13. The molecule has 0 fully saturated rings. The summed E-state index contributed by atoms with van der Waals surface area (Å²) in [7, 11) is 0. The van der Waals surface area contributed by atoms with E-state index in [9.17, 15) is 18.0 Å². The van der Waals surface area contributed by atoms with Crippen LogP contribution in [0.2, 0.25) is 15.1 Å². The van der Waals surface area contributed by atoms with E-state index in [1.807, 2.05) is 0 Å². The predicted molar refractivity (Wildman–Crippen MR) is 98.6 cm³/mol. The summed E-state index contributed by atoms with van der Waals surface area (Å²) in [5.41, 5.74) is -0.605. The van der Waals surface area contributed by atoms with Crippen molar-refractivity contribution < 1.29 is 22.4 Å². The van der Waals surface area contributed by atoms with E-state index in [4.69, 9.17) is 39.2 Å². The number of nitrogens with one attached hydrogen (secondary N) is 1. The minimum Gasteiger partial charge on any atom is -0.451 e. The van der Waals surface area contributed by atoms with Crippen LogP contribution in [0.25, 0.3) is 11.3 Å². The zero-order valence-corrected chi connectivity index (χ0v) is 15.5. The first-order chi connectivity index (χ1) is 12.6. The van der Waals surface area contributed by atoms with Gasteiger partial charge in [0.05, 0.1) is 21.3 Å². The van der Waals surface area contributed by atoms with Crippen molar-refractivity contribution in [1.82, 2.24) is 0 Å². The van der Waals surface area contributed by atoms with E-state index < -0.39 is 17.6 Å². The molecule has 0 saturated heterocycles. The molecule has 1 N–H and O–H groups in total. The first-order valence-electron chi connectivity index (χ1n) is 7.38. The summed E-state index contributed by atoms with van der Waals surface area (Å²) >= 11 is 17.8. The molecule has 3 nitrogen and oxygen atoms in total. The Labute approximate surface area is 166 Å². The summed E-state index contributed by atoms with van der Waals surface area (Å²) in [4.78, 5) is 12.3. The normalized spacial score (nSPS) is 11.5. The van der Waals surface area contributed by atoms with Crippen LogP contribution in [0.5, 0.6) is 0 Å². The first kappa shape index (κ1) is 19.6. The molecule has 0 spiro atoms. The second-order valence-corrected chi connectivity index (χ2v) is 6.69. The highest BCUT2D eigenvalue weighted by atomic mass is 35.5. The van der Waals surface area contributed by atoms with Crippen LogP contribution < -0.4 is 5.32 Å². The van der Waals surface area contributed by atoms with Gasteiger partial charge in [-0.3, -0.25) is 4.79 Å². The molecule has 0 atom stereocenters. The fraction of sp³-hybridized carbons (Fsp3) is 0.0556. The van der Waals surface area contributed by atoms with E-state index in [2.05, 4.69) is 5.32 Å². The number of rotatable bonds is 3. The zero-order chi connectivity index (χ0) is 19.8. The van der Waals surface area contributed by atoms with Crippen molar-refractivity contribution >= 4 is 46.4 Å². The van der Waals surface area contributed by atoms with Crippen molar-refractivity contribution in [2.24, 2.45) is 0 Å². The number of amides is 1. The number of furan rings is 1. The molecular formula is C18H9Cl3F3NO2. The standard InChI is InChI=1S/C18H9Cl3F3NO2/c19-10-2-3-11(13(21)8-10)15-5-6-16(27-15)17(26)25-14-7-9(18(22,23)24)1-4-12(14)20/h1-8H,(H,25,26). The van der Waals surface area contributed by atoms with Crippen LogP contribution in [0.3, 0.4) is 0 Å². The van der Waals surface area contributed by atoms with Crippen LogP contribution in [0, 0.1) is 0 Å². The molecule has 0 radical (unpaired) electrons. The van der Waals surface area contributed by atoms with E-state index in [0.717, 1.165) is 18.2 Å². The minimum atomic E-state index is -4.56. The molecule has 1 amide bonds. The van der Waals surface area contributed by atoms with Crippen LogP contribution in [-0.2, 0) is 6.18 Å². The third-order valence-electron chi connectivity index (χ3n) is 3.57. The van der Waals surface area contributed by atoms with E-state index in [0.29, 0.717) is 21.4 Å². The Bertz CT molecular complexity index is 1020. The Morgan fingerprint density at radius 3 is 2.33 bits per heavy atom. The molecule has 140 valence electrons. The van der Waals surface area contributed by atoms with Crippen molar-refractivity contribution in [2.45, 2.75) is 6.18 Å². The SMILES string of the molecule is O=C(Nc1cc(C(F)(F)F)ccc1Cl)c1ccc(-c2ccc(Cl)cc2Cl)o1. The smallest absolute Gasteiger partial charge is 0.416 e. The molecule has 0 aliphatic heterocycles. The largest absolute Gasteiger partial charge is 0.451 e. The fourth-order valence-corrected chi connectivity index (χ4v) is 2.94. The van der Waals surface area contributed by atoms with Gasteiger partial charge in [-0.1, -0.05) is 34.8 Å². The summed E-state index contributed by atoms with van der Waals surface area (Å²) < 4.78 is 43.9. The quantitative estimate of drug-likeness (QED) is 0.474. The number of hydrogen-bond donors (Lipinski definition) is 1. The molecular weight excluding hydrogens is 426 g/mol. The van der Waals surface area contributed by atoms with Gasteiger partial charge in [0.1, 0.15) is 5.76 Å². The van der Waals surface area contributed by atoms with Crippen molar-refractivity contribution in [3.8, 4) is 11.3 Å². The molecule has 3 aromatic rings. The van der Waals surface area contributed by atoms with Crippen molar-refractivity contribution in [3.63, 3.8) is 0 Å². The number of carbonyl (C=O) groups excluding carboxylic acids is 1. The minimum absolute atomic E-state index is 0.0381. The van der Waals surface area contributed by atoms with Crippen LogP contribution >= 0.6 is 34.8 Å². The van der Waals surface area contributed by atoms with Gasteiger partial charge in [0.15, 0.2) is 5.76 Å². The highest BCUT2D eigenvalue weighted by Crippen LogP contribution is 2.35. The number of hydrogen-bond acceptors (Lipinski definition) is 2. The van der Waals surface area contributed by atoms with Gasteiger partial charge >= 0.3 is 6.18 Å². The Hall–Kier alpha value is -2.15. The molecule has 1 heterocycles. The maximum atomic E-state index is 12.8. The van der Waals surface area contributed by atoms with Gasteiger partial charge in [-0.2, -0.15) is 13.2 Å². The number of halogens is 6. The molecule has 0 saturated carbocycles. The second-order valence-electron chi connectivity index (χ2n) is 5.43. The summed E-state index contributed by atoms with van der Waals surface area (Å²) in [6, 6.07) is 10.3.